The lowest BCUT2D eigenvalue weighted by Gasteiger charge is -2.23. The molecule has 0 aliphatic heterocycles. The van der Waals surface area contributed by atoms with E-state index in [1.807, 2.05) is 24.3 Å². The molecule has 19 heavy (non-hydrogen) atoms. The zero-order valence-electron chi connectivity index (χ0n) is 10.7. The van der Waals surface area contributed by atoms with E-state index in [0.29, 0.717) is 11.2 Å². The molecule has 2 N–H and O–H groups in total. The summed E-state index contributed by atoms with van der Waals surface area (Å²) in [6.07, 6.45) is 8.10. The molecule has 1 aromatic carbocycles. The van der Waals surface area contributed by atoms with E-state index in [0.717, 1.165) is 10.0 Å². The topological polar surface area (TPSA) is 36.4 Å². The number of hydrazone groups is 1. The van der Waals surface area contributed by atoms with Crippen LogP contribution in [0.4, 0.5) is 0 Å². The third-order valence-electron chi connectivity index (χ3n) is 3.22. The van der Waals surface area contributed by atoms with Crippen molar-refractivity contribution in [2.75, 3.05) is 0 Å². The van der Waals surface area contributed by atoms with E-state index in [1.165, 1.54) is 32.1 Å². The molecule has 1 fully saturated rings. The molecular weight excluding hydrogens is 322 g/mol. The molecule has 0 atom stereocenters. The van der Waals surface area contributed by atoms with Crippen LogP contribution in [0.3, 0.4) is 0 Å². The fourth-order valence-electron chi connectivity index (χ4n) is 2.20. The Morgan fingerprint density at radius 2 is 2.00 bits per heavy atom. The smallest absolute Gasteiger partial charge is 0.187 e. The highest BCUT2D eigenvalue weighted by atomic mass is 79.9. The minimum absolute atomic E-state index is 0.507. The van der Waals surface area contributed by atoms with Crippen molar-refractivity contribution in [3.05, 3.63) is 34.3 Å². The molecule has 2 rings (SSSR count). The first-order chi connectivity index (χ1) is 9.25. The second-order valence-corrected chi connectivity index (χ2v) is 5.96. The summed E-state index contributed by atoms with van der Waals surface area (Å²) in [4.78, 5) is 0. The first-order valence-corrected chi connectivity index (χ1v) is 7.80. The van der Waals surface area contributed by atoms with Crippen LogP contribution >= 0.6 is 28.1 Å². The van der Waals surface area contributed by atoms with Gasteiger partial charge in [-0.05, 0) is 31.1 Å². The van der Waals surface area contributed by atoms with Gasteiger partial charge in [0.25, 0.3) is 0 Å². The molecule has 1 saturated carbocycles. The zero-order valence-corrected chi connectivity index (χ0v) is 13.1. The van der Waals surface area contributed by atoms with E-state index in [9.17, 15) is 0 Å². The normalized spacial score (nSPS) is 16.5. The van der Waals surface area contributed by atoms with Gasteiger partial charge in [-0.25, -0.2) is 0 Å². The summed E-state index contributed by atoms with van der Waals surface area (Å²) in [7, 11) is 0. The van der Waals surface area contributed by atoms with Crippen molar-refractivity contribution in [3.8, 4) is 0 Å². The van der Waals surface area contributed by atoms with E-state index < -0.39 is 0 Å². The quantitative estimate of drug-likeness (QED) is 0.502. The van der Waals surface area contributed by atoms with Crippen molar-refractivity contribution in [1.29, 1.82) is 0 Å². The molecule has 0 amide bonds. The van der Waals surface area contributed by atoms with Crippen LogP contribution in [-0.4, -0.2) is 17.4 Å². The Hall–Kier alpha value is -0.940. The number of rotatable bonds is 3. The van der Waals surface area contributed by atoms with Gasteiger partial charge >= 0.3 is 0 Å². The molecule has 0 spiro atoms. The number of nitrogens with zero attached hydrogens (tertiary/aromatic N) is 1. The fraction of sp³-hybridized carbons (Fsp3) is 0.429. The van der Waals surface area contributed by atoms with Gasteiger partial charge in [-0.1, -0.05) is 53.4 Å². The third-order valence-corrected chi connectivity index (χ3v) is 4.15. The number of hydrogen-bond donors (Lipinski definition) is 2. The van der Waals surface area contributed by atoms with Gasteiger partial charge in [-0.2, -0.15) is 5.10 Å². The minimum atomic E-state index is 0.507. The molecule has 102 valence electrons. The third kappa shape index (κ3) is 4.91. The van der Waals surface area contributed by atoms with Crippen molar-refractivity contribution in [3.63, 3.8) is 0 Å². The molecular formula is C14H18BrN3S. The Kier molecular flexibility index (Phi) is 5.79. The zero-order chi connectivity index (χ0) is 13.5. The summed E-state index contributed by atoms with van der Waals surface area (Å²) >= 11 is 8.71. The first-order valence-electron chi connectivity index (χ1n) is 6.60. The van der Waals surface area contributed by atoms with Gasteiger partial charge in [-0.3, -0.25) is 5.43 Å². The number of nitrogens with one attached hydrogen (secondary N) is 2. The van der Waals surface area contributed by atoms with Gasteiger partial charge in [0, 0.05) is 16.1 Å². The Morgan fingerprint density at radius 3 is 2.74 bits per heavy atom. The maximum atomic E-state index is 5.24. The van der Waals surface area contributed by atoms with Crippen LogP contribution in [0.25, 0.3) is 0 Å². The van der Waals surface area contributed by atoms with Gasteiger partial charge in [0.1, 0.15) is 0 Å². The largest absolute Gasteiger partial charge is 0.359 e. The van der Waals surface area contributed by atoms with E-state index in [2.05, 4.69) is 31.8 Å². The van der Waals surface area contributed by atoms with Gasteiger partial charge in [0.15, 0.2) is 5.11 Å². The molecule has 0 bridgehead atoms. The molecule has 1 aliphatic carbocycles. The lowest BCUT2D eigenvalue weighted by atomic mass is 9.96. The number of thiocarbonyl (C=S) groups is 1. The molecule has 0 aromatic heterocycles. The monoisotopic (exact) mass is 339 g/mol. The van der Waals surface area contributed by atoms with E-state index in [1.54, 1.807) is 6.21 Å². The summed E-state index contributed by atoms with van der Waals surface area (Å²) in [5.41, 5.74) is 3.90. The van der Waals surface area contributed by atoms with Gasteiger partial charge in [0.05, 0.1) is 6.21 Å². The van der Waals surface area contributed by atoms with Crippen LogP contribution < -0.4 is 10.7 Å². The minimum Gasteiger partial charge on any atom is -0.359 e. The van der Waals surface area contributed by atoms with Crippen LogP contribution in [0, 0.1) is 0 Å². The van der Waals surface area contributed by atoms with Crippen LogP contribution in [-0.2, 0) is 0 Å². The summed E-state index contributed by atoms with van der Waals surface area (Å²) in [5, 5.41) is 8.08. The number of benzene rings is 1. The lowest BCUT2D eigenvalue weighted by molar-refractivity contribution is 0.412. The molecule has 5 heteroatoms. The first kappa shape index (κ1) is 14.5. The molecule has 3 nitrogen and oxygen atoms in total. The van der Waals surface area contributed by atoms with Crippen molar-refractivity contribution in [2.24, 2.45) is 5.10 Å². The highest BCUT2D eigenvalue weighted by Crippen LogP contribution is 2.17. The van der Waals surface area contributed by atoms with Gasteiger partial charge < -0.3 is 5.32 Å². The average Bonchev–Trinajstić information content (AvgIpc) is 2.42. The molecule has 1 aromatic rings. The number of halogens is 1. The van der Waals surface area contributed by atoms with Crippen molar-refractivity contribution >= 4 is 39.5 Å². The second kappa shape index (κ2) is 7.60. The van der Waals surface area contributed by atoms with Crippen LogP contribution in [0.5, 0.6) is 0 Å². The molecule has 1 aliphatic rings. The molecule has 0 unspecified atom stereocenters. The Morgan fingerprint density at radius 1 is 1.26 bits per heavy atom. The highest BCUT2D eigenvalue weighted by Gasteiger charge is 2.13. The molecule has 0 saturated heterocycles. The molecule has 0 radical (unpaired) electrons. The van der Waals surface area contributed by atoms with E-state index in [-0.39, 0.29) is 0 Å². The summed E-state index contributed by atoms with van der Waals surface area (Å²) < 4.78 is 1.02. The SMILES string of the molecule is S=C(N/N=C/c1ccccc1Br)NC1CCCCC1. The second-order valence-electron chi connectivity index (χ2n) is 4.70. The van der Waals surface area contributed by atoms with Crippen molar-refractivity contribution < 1.29 is 0 Å². The maximum Gasteiger partial charge on any atom is 0.187 e. The predicted molar refractivity (Wildman–Crippen MR) is 87.5 cm³/mol. The van der Waals surface area contributed by atoms with Crippen molar-refractivity contribution in [1.82, 2.24) is 10.7 Å². The maximum absolute atomic E-state index is 5.24. The lowest BCUT2D eigenvalue weighted by Crippen LogP contribution is -2.40. The Bertz CT molecular complexity index is 456. The standard InChI is InChI=1S/C14H18BrN3S/c15-13-9-5-4-6-11(13)10-16-18-14(19)17-12-7-2-1-3-8-12/h4-6,9-10,12H,1-3,7-8H2,(H2,17,18,19)/b16-10+. The van der Waals surface area contributed by atoms with Crippen LogP contribution in [0.1, 0.15) is 37.7 Å². The predicted octanol–water partition coefficient (Wildman–Crippen LogP) is 3.58. The number of hydrogen-bond acceptors (Lipinski definition) is 2. The summed E-state index contributed by atoms with van der Waals surface area (Å²) in [5.74, 6) is 0. The fourth-order valence-corrected chi connectivity index (χ4v) is 2.81. The van der Waals surface area contributed by atoms with Gasteiger partial charge in [-0.15, -0.1) is 0 Å². The van der Waals surface area contributed by atoms with Crippen LogP contribution in [0.2, 0.25) is 0 Å². The highest BCUT2D eigenvalue weighted by molar-refractivity contribution is 9.10. The Labute approximate surface area is 128 Å². The molecule has 0 heterocycles. The van der Waals surface area contributed by atoms with E-state index >= 15 is 0 Å². The van der Waals surface area contributed by atoms with Gasteiger partial charge in [0.2, 0.25) is 0 Å². The summed E-state index contributed by atoms with van der Waals surface area (Å²) in [6, 6.07) is 8.44. The Balaban J connectivity index is 1.78. The van der Waals surface area contributed by atoms with E-state index in [4.69, 9.17) is 12.2 Å². The van der Waals surface area contributed by atoms with Crippen molar-refractivity contribution in [2.45, 2.75) is 38.1 Å². The average molecular weight is 340 g/mol. The van der Waals surface area contributed by atoms with Crippen LogP contribution in [0.15, 0.2) is 33.8 Å². The summed E-state index contributed by atoms with van der Waals surface area (Å²) in [6.45, 7) is 0.